The average Bonchev–Trinajstić information content (AvgIpc) is 3.07. The first-order valence-electron chi connectivity index (χ1n) is 15.4. The van der Waals surface area contributed by atoms with Crippen LogP contribution in [0.1, 0.15) is 43.2 Å². The molecule has 46 heavy (non-hydrogen) atoms. The van der Waals surface area contributed by atoms with Gasteiger partial charge in [-0.05, 0) is 60.9 Å². The molecule has 0 aromatic heterocycles. The van der Waals surface area contributed by atoms with E-state index in [2.05, 4.69) is 21.2 Å². The van der Waals surface area contributed by atoms with Crippen molar-refractivity contribution in [1.29, 1.82) is 0 Å². The topological polar surface area (TPSA) is 86.8 Å². The number of benzene rings is 4. The maximum Gasteiger partial charge on any atom is 0.264 e. The molecule has 1 N–H and O–H groups in total. The summed E-state index contributed by atoms with van der Waals surface area (Å²) in [6.07, 6.45) is 4.98. The lowest BCUT2D eigenvalue weighted by molar-refractivity contribution is -0.140. The first kappa shape index (κ1) is 33.3. The lowest BCUT2D eigenvalue weighted by Crippen LogP contribution is -2.55. The Kier molecular flexibility index (Phi) is 11.2. The van der Waals surface area contributed by atoms with E-state index in [-0.39, 0.29) is 41.1 Å². The number of carbonyl (C=O) groups excluding carboxylic acids is 2. The maximum atomic E-state index is 15.1. The Morgan fingerprint density at radius 1 is 0.826 bits per heavy atom. The SMILES string of the molecule is O=C(NC1CCCCC1)[C@@H](Cc1ccccc1)N(Cc1ccccc1F)C(=O)CN(c1ccc(Br)cc1)S(=O)(=O)c1ccccc1. The number of rotatable bonds is 12. The molecule has 0 aliphatic heterocycles. The molecular weight excluding hydrogens is 669 g/mol. The quantitative estimate of drug-likeness (QED) is 0.174. The fraction of sp³-hybridized carbons (Fsp3) is 0.278. The largest absolute Gasteiger partial charge is 0.352 e. The number of nitrogens with zero attached hydrogens (tertiary/aromatic N) is 2. The third kappa shape index (κ3) is 8.41. The van der Waals surface area contributed by atoms with Crippen LogP contribution >= 0.6 is 15.9 Å². The summed E-state index contributed by atoms with van der Waals surface area (Å²) in [4.78, 5) is 30.0. The summed E-state index contributed by atoms with van der Waals surface area (Å²) in [5.74, 6) is -1.50. The van der Waals surface area contributed by atoms with Crippen LogP contribution < -0.4 is 9.62 Å². The minimum absolute atomic E-state index is 0.0160. The van der Waals surface area contributed by atoms with Crippen LogP contribution in [0, 0.1) is 5.82 Å². The van der Waals surface area contributed by atoms with Crippen molar-refractivity contribution in [2.75, 3.05) is 10.8 Å². The van der Waals surface area contributed by atoms with Crippen molar-refractivity contribution in [2.45, 2.75) is 62.0 Å². The highest BCUT2D eigenvalue weighted by molar-refractivity contribution is 9.10. The number of hydrogen-bond donors (Lipinski definition) is 1. The van der Waals surface area contributed by atoms with Gasteiger partial charge in [-0.15, -0.1) is 0 Å². The Labute approximate surface area is 278 Å². The lowest BCUT2D eigenvalue weighted by Gasteiger charge is -2.35. The Morgan fingerprint density at radius 2 is 1.43 bits per heavy atom. The van der Waals surface area contributed by atoms with E-state index in [9.17, 15) is 18.0 Å². The van der Waals surface area contributed by atoms with Crippen molar-refractivity contribution in [3.8, 4) is 0 Å². The van der Waals surface area contributed by atoms with Crippen LogP contribution in [0.3, 0.4) is 0 Å². The number of halogens is 2. The minimum atomic E-state index is -4.21. The van der Waals surface area contributed by atoms with E-state index >= 15 is 4.39 Å². The van der Waals surface area contributed by atoms with Gasteiger partial charge >= 0.3 is 0 Å². The fourth-order valence-electron chi connectivity index (χ4n) is 5.76. The Bertz CT molecular complexity index is 1720. The fourth-order valence-corrected chi connectivity index (χ4v) is 7.46. The van der Waals surface area contributed by atoms with E-state index in [1.165, 1.54) is 23.1 Å². The molecular formula is C36H37BrFN3O4S. The van der Waals surface area contributed by atoms with Gasteiger partial charge in [0.25, 0.3) is 10.0 Å². The Hall–Kier alpha value is -4.02. The molecule has 1 saturated carbocycles. The molecule has 1 atom stereocenters. The van der Waals surface area contributed by atoms with E-state index in [4.69, 9.17) is 0 Å². The molecule has 0 bridgehead atoms. The average molecular weight is 707 g/mol. The van der Waals surface area contributed by atoms with E-state index in [1.807, 2.05) is 30.3 Å². The second-order valence-corrected chi connectivity index (χ2v) is 14.2. The summed E-state index contributed by atoms with van der Waals surface area (Å²) in [7, 11) is -4.21. The summed E-state index contributed by atoms with van der Waals surface area (Å²) >= 11 is 3.39. The Morgan fingerprint density at radius 3 is 2.09 bits per heavy atom. The van der Waals surface area contributed by atoms with Crippen LogP contribution in [0.15, 0.2) is 119 Å². The highest BCUT2D eigenvalue weighted by Gasteiger charge is 2.35. The smallest absolute Gasteiger partial charge is 0.264 e. The first-order chi connectivity index (χ1) is 22.2. The molecule has 0 radical (unpaired) electrons. The van der Waals surface area contributed by atoms with Crippen molar-refractivity contribution >= 4 is 43.5 Å². The zero-order chi connectivity index (χ0) is 32.5. The van der Waals surface area contributed by atoms with E-state index in [0.717, 1.165) is 46.4 Å². The molecule has 1 aliphatic carbocycles. The summed E-state index contributed by atoms with van der Waals surface area (Å²) < 4.78 is 45.0. The summed E-state index contributed by atoms with van der Waals surface area (Å²) in [6.45, 7) is -0.823. The number of sulfonamides is 1. The number of carbonyl (C=O) groups is 2. The van der Waals surface area contributed by atoms with Crippen molar-refractivity contribution in [1.82, 2.24) is 10.2 Å². The van der Waals surface area contributed by atoms with E-state index in [1.54, 1.807) is 60.7 Å². The normalized spacial score (nSPS) is 14.3. The van der Waals surface area contributed by atoms with Crippen molar-refractivity contribution in [3.05, 3.63) is 131 Å². The molecule has 0 unspecified atom stereocenters. The molecule has 0 heterocycles. The summed E-state index contributed by atoms with van der Waals surface area (Å²) in [5.41, 5.74) is 1.32. The second kappa shape index (κ2) is 15.5. The molecule has 0 saturated heterocycles. The van der Waals surface area contributed by atoms with Crippen LogP contribution in [-0.2, 0) is 32.6 Å². The van der Waals surface area contributed by atoms with Crippen LogP contribution in [0.4, 0.5) is 10.1 Å². The predicted molar refractivity (Wildman–Crippen MR) is 181 cm³/mol. The van der Waals surface area contributed by atoms with Crippen LogP contribution in [0.2, 0.25) is 0 Å². The molecule has 240 valence electrons. The van der Waals surface area contributed by atoms with Gasteiger partial charge in [-0.25, -0.2) is 12.8 Å². The van der Waals surface area contributed by atoms with Crippen LogP contribution in [0.5, 0.6) is 0 Å². The molecule has 1 fully saturated rings. The predicted octanol–water partition coefficient (Wildman–Crippen LogP) is 6.87. The van der Waals surface area contributed by atoms with Crippen LogP contribution in [0.25, 0.3) is 0 Å². The zero-order valence-corrected chi connectivity index (χ0v) is 27.8. The monoisotopic (exact) mass is 705 g/mol. The van der Waals surface area contributed by atoms with Gasteiger partial charge in [0.05, 0.1) is 10.6 Å². The highest BCUT2D eigenvalue weighted by atomic mass is 79.9. The Balaban J connectivity index is 1.56. The second-order valence-electron chi connectivity index (χ2n) is 11.5. The molecule has 7 nitrogen and oxygen atoms in total. The number of nitrogens with one attached hydrogen (secondary N) is 1. The third-order valence-electron chi connectivity index (χ3n) is 8.25. The molecule has 1 aliphatic rings. The summed E-state index contributed by atoms with van der Waals surface area (Å²) in [6, 6.07) is 28.9. The van der Waals surface area contributed by atoms with Gasteiger partial charge < -0.3 is 10.2 Å². The van der Waals surface area contributed by atoms with Crippen LogP contribution in [-0.4, -0.2) is 43.8 Å². The van der Waals surface area contributed by atoms with Gasteiger partial charge in [0, 0.05) is 29.0 Å². The standard InChI is InChI=1S/C36H37BrFN3O4S/c37-29-20-22-31(23-21-29)41(46(44,45)32-17-8-3-9-18-32)26-35(42)40(25-28-14-10-11-19-33(28)38)34(24-27-12-4-1-5-13-27)36(43)39-30-15-6-2-7-16-30/h1,3-5,8-14,17-23,30,34H,2,6-7,15-16,24-26H2,(H,39,43)/t34-/m1/s1. The molecule has 2 amide bonds. The van der Waals surface area contributed by atoms with Gasteiger partial charge in [0.1, 0.15) is 18.4 Å². The van der Waals surface area contributed by atoms with Gasteiger partial charge in [-0.1, -0.05) is 102 Å². The zero-order valence-electron chi connectivity index (χ0n) is 25.4. The molecule has 0 spiro atoms. The molecule has 10 heteroatoms. The van der Waals surface area contributed by atoms with Gasteiger partial charge in [0.2, 0.25) is 11.8 Å². The third-order valence-corrected chi connectivity index (χ3v) is 10.6. The lowest BCUT2D eigenvalue weighted by atomic mass is 9.94. The van der Waals surface area contributed by atoms with Gasteiger partial charge in [0.15, 0.2) is 0 Å². The maximum absolute atomic E-state index is 15.1. The molecule has 4 aromatic rings. The van der Waals surface area contributed by atoms with Gasteiger partial charge in [-0.2, -0.15) is 0 Å². The number of hydrogen-bond acceptors (Lipinski definition) is 4. The van der Waals surface area contributed by atoms with E-state index in [0.29, 0.717) is 0 Å². The number of anilines is 1. The van der Waals surface area contributed by atoms with Crippen molar-refractivity contribution < 1.29 is 22.4 Å². The summed E-state index contributed by atoms with van der Waals surface area (Å²) in [5, 5.41) is 3.16. The van der Waals surface area contributed by atoms with Crippen molar-refractivity contribution in [3.63, 3.8) is 0 Å². The molecule has 4 aromatic carbocycles. The minimum Gasteiger partial charge on any atom is -0.352 e. The first-order valence-corrected chi connectivity index (χ1v) is 17.7. The number of amides is 2. The molecule has 5 rings (SSSR count). The van der Waals surface area contributed by atoms with Gasteiger partial charge in [-0.3, -0.25) is 13.9 Å². The van der Waals surface area contributed by atoms with E-state index < -0.39 is 34.3 Å². The highest BCUT2D eigenvalue weighted by Crippen LogP contribution is 2.27. The van der Waals surface area contributed by atoms with Crippen molar-refractivity contribution in [2.24, 2.45) is 0 Å².